The van der Waals surface area contributed by atoms with Gasteiger partial charge in [0.1, 0.15) is 12.0 Å². The Labute approximate surface area is 234 Å². The number of unbranched alkanes of at least 4 members (excludes halogenated alkanes) is 1. The summed E-state index contributed by atoms with van der Waals surface area (Å²) in [7, 11) is 1.69. The van der Waals surface area contributed by atoms with Crippen LogP contribution in [0, 0.1) is 19.8 Å². The number of carbonyl (C=O) groups is 1. The molecule has 2 N–H and O–H groups in total. The van der Waals surface area contributed by atoms with Gasteiger partial charge in [-0.25, -0.2) is 4.68 Å². The maximum absolute atomic E-state index is 13.2. The molecule has 2 unspecified atom stereocenters. The van der Waals surface area contributed by atoms with Crippen molar-refractivity contribution in [2.75, 3.05) is 33.3 Å². The van der Waals surface area contributed by atoms with E-state index in [0.29, 0.717) is 25.4 Å². The number of ether oxygens (including phenoxy) is 1. The molecule has 0 radical (unpaired) electrons. The summed E-state index contributed by atoms with van der Waals surface area (Å²) in [5, 5.41) is 19.5. The Balaban J connectivity index is 1.54. The van der Waals surface area contributed by atoms with Gasteiger partial charge in [0.05, 0.1) is 24.5 Å². The summed E-state index contributed by atoms with van der Waals surface area (Å²) in [6.07, 6.45) is 8.98. The number of amides is 1. The summed E-state index contributed by atoms with van der Waals surface area (Å²) in [4.78, 5) is 17.7. The lowest BCUT2D eigenvalue weighted by Crippen LogP contribution is -2.55. The van der Waals surface area contributed by atoms with Crippen LogP contribution in [0.15, 0.2) is 24.3 Å². The van der Waals surface area contributed by atoms with E-state index in [0.717, 1.165) is 67.3 Å². The third-order valence-corrected chi connectivity index (χ3v) is 8.47. The van der Waals surface area contributed by atoms with Crippen molar-refractivity contribution in [2.45, 2.75) is 97.4 Å². The lowest BCUT2D eigenvalue weighted by atomic mass is 9.84. The molecule has 2 heterocycles. The van der Waals surface area contributed by atoms with E-state index < -0.39 is 6.23 Å². The van der Waals surface area contributed by atoms with E-state index in [1.807, 2.05) is 17.7 Å². The van der Waals surface area contributed by atoms with Crippen LogP contribution in [0.25, 0.3) is 5.69 Å². The molecule has 1 aromatic carbocycles. The fourth-order valence-corrected chi connectivity index (χ4v) is 6.24. The molecular formula is C31H49N5O3. The first-order valence-corrected chi connectivity index (χ1v) is 15.0. The molecule has 1 aliphatic heterocycles. The number of nitrogens with zero attached hydrogens (tertiary/aromatic N) is 4. The van der Waals surface area contributed by atoms with Crippen LogP contribution in [0.4, 0.5) is 0 Å². The maximum Gasteiger partial charge on any atom is 0.221 e. The van der Waals surface area contributed by atoms with E-state index in [9.17, 15) is 9.90 Å². The van der Waals surface area contributed by atoms with E-state index in [1.165, 1.54) is 32.1 Å². The highest BCUT2D eigenvalue weighted by molar-refractivity contribution is 5.76. The molecule has 2 aliphatic rings. The molecule has 1 saturated carbocycles. The Morgan fingerprint density at radius 2 is 1.90 bits per heavy atom. The molecule has 39 heavy (non-hydrogen) atoms. The molecule has 1 saturated heterocycles. The summed E-state index contributed by atoms with van der Waals surface area (Å²) >= 11 is 0. The van der Waals surface area contributed by atoms with Crippen molar-refractivity contribution in [1.29, 1.82) is 0 Å². The molecule has 8 heteroatoms. The third kappa shape index (κ3) is 8.05. The van der Waals surface area contributed by atoms with Crippen LogP contribution in [0.1, 0.15) is 81.7 Å². The number of hydrogen-bond donors (Lipinski definition) is 2. The number of methoxy groups -OCH3 is 1. The van der Waals surface area contributed by atoms with Gasteiger partial charge in [0.2, 0.25) is 5.91 Å². The van der Waals surface area contributed by atoms with Crippen molar-refractivity contribution >= 4 is 5.91 Å². The number of benzene rings is 1. The van der Waals surface area contributed by atoms with E-state index in [-0.39, 0.29) is 11.9 Å². The summed E-state index contributed by atoms with van der Waals surface area (Å²) in [6, 6.07) is 7.99. The highest BCUT2D eigenvalue weighted by Gasteiger charge is 2.31. The Hall–Kier alpha value is -2.42. The van der Waals surface area contributed by atoms with Crippen molar-refractivity contribution in [2.24, 2.45) is 5.92 Å². The lowest BCUT2D eigenvalue weighted by molar-refractivity contribution is -0.126. The minimum absolute atomic E-state index is 0.0293. The Morgan fingerprint density at radius 3 is 2.59 bits per heavy atom. The Kier molecular flexibility index (Phi) is 10.8. The van der Waals surface area contributed by atoms with Crippen LogP contribution < -0.4 is 10.1 Å². The van der Waals surface area contributed by atoms with Crippen LogP contribution in [-0.4, -0.2) is 76.2 Å². The average molecular weight is 540 g/mol. The molecule has 2 fully saturated rings. The number of aromatic nitrogens is 2. The molecule has 1 aliphatic carbocycles. The number of nitrogens with one attached hydrogen (secondary N) is 1. The zero-order chi connectivity index (χ0) is 27.8. The normalized spacial score (nSPS) is 22.5. The molecular weight excluding hydrogens is 490 g/mol. The average Bonchev–Trinajstić information content (AvgIpc) is 3.28. The molecule has 1 amide bonds. The van der Waals surface area contributed by atoms with Crippen LogP contribution in [0.3, 0.4) is 0 Å². The molecule has 0 spiro atoms. The van der Waals surface area contributed by atoms with Gasteiger partial charge in [0.15, 0.2) is 0 Å². The van der Waals surface area contributed by atoms with Crippen LogP contribution in [-0.2, 0) is 11.3 Å². The maximum atomic E-state index is 13.2. The zero-order valence-corrected chi connectivity index (χ0v) is 24.5. The zero-order valence-electron chi connectivity index (χ0n) is 24.5. The van der Waals surface area contributed by atoms with Crippen molar-refractivity contribution in [3.8, 4) is 11.4 Å². The third-order valence-electron chi connectivity index (χ3n) is 8.47. The predicted molar refractivity (Wildman–Crippen MR) is 155 cm³/mol. The number of hydrogen-bond acceptors (Lipinski definition) is 6. The van der Waals surface area contributed by atoms with E-state index >= 15 is 0 Å². The van der Waals surface area contributed by atoms with E-state index in [1.54, 1.807) is 7.11 Å². The van der Waals surface area contributed by atoms with Gasteiger partial charge in [-0.1, -0.05) is 45.4 Å². The smallest absolute Gasteiger partial charge is 0.221 e. The second kappa shape index (κ2) is 14.3. The van der Waals surface area contributed by atoms with E-state index in [4.69, 9.17) is 9.84 Å². The Morgan fingerprint density at radius 1 is 1.10 bits per heavy atom. The number of aryl methyl sites for hydroxylation is 2. The van der Waals surface area contributed by atoms with Gasteiger partial charge in [-0.2, -0.15) is 5.10 Å². The van der Waals surface area contributed by atoms with Crippen LogP contribution in [0.5, 0.6) is 5.75 Å². The first-order valence-electron chi connectivity index (χ1n) is 15.0. The van der Waals surface area contributed by atoms with Gasteiger partial charge in [-0.15, -0.1) is 0 Å². The fraction of sp³-hybridized carbons (Fsp3) is 0.677. The minimum Gasteiger partial charge on any atom is -0.497 e. The van der Waals surface area contributed by atoms with Gasteiger partial charge in [-0.05, 0) is 62.4 Å². The quantitative estimate of drug-likeness (QED) is 0.486. The molecule has 8 nitrogen and oxygen atoms in total. The Bertz CT molecular complexity index is 1060. The second-order valence-corrected chi connectivity index (χ2v) is 11.6. The van der Waals surface area contributed by atoms with Gasteiger partial charge in [-0.3, -0.25) is 14.6 Å². The summed E-state index contributed by atoms with van der Waals surface area (Å²) < 4.78 is 7.56. The number of carbonyl (C=O) groups excluding carboxylic acids is 1. The fourth-order valence-electron chi connectivity index (χ4n) is 6.24. The highest BCUT2D eigenvalue weighted by Crippen LogP contribution is 2.29. The molecule has 216 valence electrons. The van der Waals surface area contributed by atoms with Crippen molar-refractivity contribution in [3.05, 3.63) is 41.2 Å². The van der Waals surface area contributed by atoms with Crippen molar-refractivity contribution in [3.63, 3.8) is 0 Å². The van der Waals surface area contributed by atoms with Gasteiger partial charge >= 0.3 is 0 Å². The summed E-state index contributed by atoms with van der Waals surface area (Å²) in [5.41, 5.74) is 4.19. The summed E-state index contributed by atoms with van der Waals surface area (Å²) in [5.74, 6) is 1.42. The second-order valence-electron chi connectivity index (χ2n) is 11.6. The lowest BCUT2D eigenvalue weighted by Gasteiger charge is -2.38. The van der Waals surface area contributed by atoms with E-state index in [2.05, 4.69) is 47.2 Å². The van der Waals surface area contributed by atoms with Crippen molar-refractivity contribution in [1.82, 2.24) is 24.9 Å². The van der Waals surface area contributed by atoms with Crippen LogP contribution >= 0.6 is 0 Å². The number of rotatable bonds is 9. The monoisotopic (exact) mass is 539 g/mol. The molecule has 2 atom stereocenters. The standard InChI is InChI=1S/C31H49N5O3/c1-5-6-15-35-18-17-34(16-14-30(37)32-28(31(35)38)20-25-10-8-7-9-11-25)22-26-21-27(39-4)12-13-29(26)36-24(3)19-23(2)33-36/h12-13,19,21,25,28,31,38H,5-11,14-18,20,22H2,1-4H3,(H,32,37). The first kappa shape index (κ1) is 29.6. The number of aliphatic hydroxyl groups is 1. The molecule has 2 aromatic rings. The predicted octanol–water partition coefficient (Wildman–Crippen LogP) is 4.58. The first-order chi connectivity index (χ1) is 18.9. The number of aliphatic hydroxyl groups excluding tert-OH is 1. The van der Waals surface area contributed by atoms with Crippen molar-refractivity contribution < 1.29 is 14.6 Å². The molecule has 4 rings (SSSR count). The van der Waals surface area contributed by atoms with Gasteiger partial charge < -0.3 is 15.2 Å². The minimum atomic E-state index is -0.663. The molecule has 0 bridgehead atoms. The van der Waals surface area contributed by atoms with Gasteiger partial charge in [0.25, 0.3) is 0 Å². The largest absolute Gasteiger partial charge is 0.497 e. The van der Waals surface area contributed by atoms with Crippen LogP contribution in [0.2, 0.25) is 0 Å². The SMILES string of the molecule is CCCCN1CCN(Cc2cc(OC)ccc2-n2nc(C)cc2C)CCC(=O)NC(CC2CCCCC2)C1O. The van der Waals surface area contributed by atoms with Gasteiger partial charge in [0, 0.05) is 44.8 Å². The molecule has 1 aromatic heterocycles. The highest BCUT2D eigenvalue weighted by atomic mass is 16.5. The summed E-state index contributed by atoms with van der Waals surface area (Å²) in [6.45, 7) is 9.96. The topological polar surface area (TPSA) is 82.9 Å².